The molecule has 0 atom stereocenters. The third-order valence-electron chi connectivity index (χ3n) is 2.22. The van der Waals surface area contributed by atoms with Gasteiger partial charge in [-0.2, -0.15) is 0 Å². The summed E-state index contributed by atoms with van der Waals surface area (Å²) in [6, 6.07) is 2.85. The molecule has 0 aromatic heterocycles. The molecule has 1 fully saturated rings. The van der Waals surface area contributed by atoms with E-state index >= 15 is 0 Å². The highest BCUT2D eigenvalue weighted by molar-refractivity contribution is 9.10. The normalized spacial score (nSPS) is 15.6. The summed E-state index contributed by atoms with van der Waals surface area (Å²) in [5, 5.41) is 0. The molecular formula is C10H11BrFNO. The van der Waals surface area contributed by atoms with E-state index in [0.717, 1.165) is 0 Å². The van der Waals surface area contributed by atoms with Crippen molar-refractivity contribution in [3.8, 4) is 5.75 Å². The van der Waals surface area contributed by atoms with E-state index in [1.807, 2.05) is 0 Å². The van der Waals surface area contributed by atoms with E-state index in [9.17, 15) is 4.39 Å². The topological polar surface area (TPSA) is 35.2 Å². The molecule has 0 bridgehead atoms. The van der Waals surface area contributed by atoms with Crippen molar-refractivity contribution in [1.29, 1.82) is 0 Å². The molecule has 0 saturated heterocycles. The summed E-state index contributed by atoms with van der Waals surface area (Å²) in [5.74, 6) is 0.740. The van der Waals surface area contributed by atoms with Gasteiger partial charge in [0.05, 0.1) is 16.8 Å². The third kappa shape index (κ3) is 2.18. The second kappa shape index (κ2) is 3.77. The van der Waals surface area contributed by atoms with E-state index in [1.165, 1.54) is 25.0 Å². The number of ether oxygens (including phenoxy) is 1. The average molecular weight is 260 g/mol. The first-order valence-corrected chi connectivity index (χ1v) is 5.33. The number of halogens is 2. The van der Waals surface area contributed by atoms with Crippen LogP contribution in [0.15, 0.2) is 16.6 Å². The molecule has 0 spiro atoms. The zero-order valence-corrected chi connectivity index (χ0v) is 9.18. The first-order chi connectivity index (χ1) is 6.66. The summed E-state index contributed by atoms with van der Waals surface area (Å²) in [4.78, 5) is 0. The Bertz CT molecular complexity index is 352. The highest BCUT2D eigenvalue weighted by atomic mass is 79.9. The van der Waals surface area contributed by atoms with Crippen LogP contribution in [0.3, 0.4) is 0 Å². The first-order valence-electron chi connectivity index (χ1n) is 4.54. The second-order valence-corrected chi connectivity index (χ2v) is 4.41. The average Bonchev–Trinajstić information content (AvgIpc) is 2.92. The lowest BCUT2D eigenvalue weighted by atomic mass is 10.3. The van der Waals surface area contributed by atoms with Crippen LogP contribution in [0, 0.1) is 11.7 Å². The van der Waals surface area contributed by atoms with Crippen LogP contribution < -0.4 is 10.5 Å². The van der Waals surface area contributed by atoms with Crippen LogP contribution in [0.4, 0.5) is 10.1 Å². The van der Waals surface area contributed by atoms with Crippen molar-refractivity contribution in [3.63, 3.8) is 0 Å². The van der Waals surface area contributed by atoms with Crippen LogP contribution in [0.2, 0.25) is 0 Å². The van der Waals surface area contributed by atoms with Crippen molar-refractivity contribution < 1.29 is 9.13 Å². The standard InChI is InChI=1S/C10H11BrFNO/c11-7-3-9(13)10(4-8(7)12)14-5-6-1-2-6/h3-4,6H,1-2,5,13H2. The SMILES string of the molecule is Nc1cc(Br)c(F)cc1OCC1CC1. The van der Waals surface area contributed by atoms with Gasteiger partial charge >= 0.3 is 0 Å². The molecule has 1 aliphatic rings. The molecule has 0 unspecified atom stereocenters. The molecule has 4 heteroatoms. The van der Waals surface area contributed by atoms with Crippen molar-refractivity contribution in [2.75, 3.05) is 12.3 Å². The van der Waals surface area contributed by atoms with E-state index in [-0.39, 0.29) is 5.82 Å². The van der Waals surface area contributed by atoms with E-state index in [4.69, 9.17) is 10.5 Å². The Morgan fingerprint density at radius 1 is 1.50 bits per heavy atom. The highest BCUT2D eigenvalue weighted by Crippen LogP contribution is 2.32. The van der Waals surface area contributed by atoms with Crippen LogP contribution in [0.25, 0.3) is 0 Å². The molecule has 1 aromatic rings. The molecule has 2 rings (SSSR count). The molecule has 2 N–H and O–H groups in total. The Labute approximate surface area is 90.4 Å². The summed E-state index contributed by atoms with van der Waals surface area (Å²) in [6.07, 6.45) is 2.41. The molecule has 2 nitrogen and oxygen atoms in total. The molecule has 14 heavy (non-hydrogen) atoms. The molecule has 0 heterocycles. The van der Waals surface area contributed by atoms with Gasteiger partial charge in [0.1, 0.15) is 11.6 Å². The van der Waals surface area contributed by atoms with Gasteiger partial charge in [-0.1, -0.05) is 0 Å². The number of hydrogen-bond donors (Lipinski definition) is 1. The predicted molar refractivity (Wildman–Crippen MR) is 56.7 cm³/mol. The number of hydrogen-bond acceptors (Lipinski definition) is 2. The van der Waals surface area contributed by atoms with Crippen molar-refractivity contribution in [2.45, 2.75) is 12.8 Å². The maximum absolute atomic E-state index is 13.1. The van der Waals surface area contributed by atoms with E-state index in [2.05, 4.69) is 15.9 Å². The van der Waals surface area contributed by atoms with Crippen molar-refractivity contribution in [1.82, 2.24) is 0 Å². The van der Waals surface area contributed by atoms with Crippen LogP contribution in [0.1, 0.15) is 12.8 Å². The smallest absolute Gasteiger partial charge is 0.145 e. The molecule has 0 amide bonds. The minimum absolute atomic E-state index is 0.343. The predicted octanol–water partition coefficient (Wildman–Crippen LogP) is 2.96. The Kier molecular flexibility index (Phi) is 2.63. The molecule has 76 valence electrons. The minimum atomic E-state index is -0.343. The zero-order valence-electron chi connectivity index (χ0n) is 7.59. The summed E-state index contributed by atoms with van der Waals surface area (Å²) in [7, 11) is 0. The molecule has 1 aliphatic carbocycles. The summed E-state index contributed by atoms with van der Waals surface area (Å²) in [6.45, 7) is 0.644. The number of anilines is 1. The first kappa shape index (κ1) is 9.77. The van der Waals surface area contributed by atoms with Crippen LogP contribution in [-0.4, -0.2) is 6.61 Å². The minimum Gasteiger partial charge on any atom is -0.491 e. The number of rotatable bonds is 3. The quantitative estimate of drug-likeness (QED) is 0.848. The van der Waals surface area contributed by atoms with Gasteiger partial charge in [-0.15, -0.1) is 0 Å². The fraction of sp³-hybridized carbons (Fsp3) is 0.400. The Morgan fingerprint density at radius 3 is 2.86 bits per heavy atom. The van der Waals surface area contributed by atoms with Crippen LogP contribution in [-0.2, 0) is 0 Å². The van der Waals surface area contributed by atoms with Crippen molar-refractivity contribution in [2.24, 2.45) is 5.92 Å². The lowest BCUT2D eigenvalue weighted by molar-refractivity contribution is 0.300. The van der Waals surface area contributed by atoms with Crippen LogP contribution >= 0.6 is 15.9 Å². The van der Waals surface area contributed by atoms with Gasteiger partial charge in [-0.3, -0.25) is 0 Å². The van der Waals surface area contributed by atoms with Gasteiger partial charge in [0.15, 0.2) is 0 Å². The maximum atomic E-state index is 13.1. The van der Waals surface area contributed by atoms with Gasteiger partial charge in [0, 0.05) is 6.07 Å². The van der Waals surface area contributed by atoms with Gasteiger partial charge < -0.3 is 10.5 Å². The molecule has 1 aromatic carbocycles. The zero-order chi connectivity index (χ0) is 10.1. The van der Waals surface area contributed by atoms with Gasteiger partial charge in [-0.25, -0.2) is 4.39 Å². The monoisotopic (exact) mass is 259 g/mol. The van der Waals surface area contributed by atoms with Crippen molar-refractivity contribution >= 4 is 21.6 Å². The lowest BCUT2D eigenvalue weighted by Crippen LogP contribution is -2.02. The summed E-state index contributed by atoms with van der Waals surface area (Å²) >= 11 is 3.06. The molecule has 1 saturated carbocycles. The second-order valence-electron chi connectivity index (χ2n) is 3.56. The number of nitrogens with two attached hydrogens (primary N) is 1. The fourth-order valence-electron chi connectivity index (χ4n) is 1.16. The van der Waals surface area contributed by atoms with Gasteiger partial charge in [0.25, 0.3) is 0 Å². The molecule has 0 aliphatic heterocycles. The van der Waals surface area contributed by atoms with E-state index < -0.39 is 0 Å². The largest absolute Gasteiger partial charge is 0.491 e. The molecule has 0 radical (unpaired) electrons. The van der Waals surface area contributed by atoms with Gasteiger partial charge in [0.2, 0.25) is 0 Å². The molecular weight excluding hydrogens is 249 g/mol. The van der Waals surface area contributed by atoms with E-state index in [1.54, 1.807) is 0 Å². The highest BCUT2D eigenvalue weighted by Gasteiger charge is 2.22. The maximum Gasteiger partial charge on any atom is 0.145 e. The van der Waals surface area contributed by atoms with Gasteiger partial charge in [-0.05, 0) is 40.8 Å². The Hall–Kier alpha value is -0.770. The van der Waals surface area contributed by atoms with E-state index in [0.29, 0.717) is 28.4 Å². The summed E-state index contributed by atoms with van der Waals surface area (Å²) in [5.41, 5.74) is 6.15. The Morgan fingerprint density at radius 2 is 2.21 bits per heavy atom. The fourth-order valence-corrected chi connectivity index (χ4v) is 1.52. The lowest BCUT2D eigenvalue weighted by Gasteiger charge is -2.08. The van der Waals surface area contributed by atoms with Crippen molar-refractivity contribution in [3.05, 3.63) is 22.4 Å². The third-order valence-corrected chi connectivity index (χ3v) is 2.83. The Balaban J connectivity index is 2.10. The number of nitrogen functional groups attached to an aromatic ring is 1. The van der Waals surface area contributed by atoms with Crippen LogP contribution in [0.5, 0.6) is 5.75 Å². The number of benzene rings is 1. The summed E-state index contributed by atoms with van der Waals surface area (Å²) < 4.78 is 18.9.